The molecule has 3 heterocycles. The average molecular weight is 278 g/mol. The maximum Gasteiger partial charge on any atom is 0.275 e. The van der Waals surface area contributed by atoms with Crippen LogP contribution < -0.4 is 0 Å². The van der Waals surface area contributed by atoms with E-state index in [1.54, 1.807) is 10.7 Å². The maximum absolute atomic E-state index is 12.5. The van der Waals surface area contributed by atoms with Crippen molar-refractivity contribution in [3.8, 4) is 0 Å². The zero-order valence-electron chi connectivity index (χ0n) is 10.8. The van der Waals surface area contributed by atoms with Gasteiger partial charge in [-0.3, -0.25) is 4.79 Å². The smallest absolute Gasteiger partial charge is 0.275 e. The number of piperidine rings is 1. The van der Waals surface area contributed by atoms with Crippen LogP contribution in [0.2, 0.25) is 5.02 Å². The van der Waals surface area contributed by atoms with E-state index in [9.17, 15) is 4.79 Å². The van der Waals surface area contributed by atoms with E-state index in [2.05, 4.69) is 12.0 Å². The van der Waals surface area contributed by atoms with E-state index in [0.717, 1.165) is 31.4 Å². The Hall–Kier alpha value is -1.55. The van der Waals surface area contributed by atoms with Crippen molar-refractivity contribution in [3.05, 3.63) is 35.1 Å². The molecule has 0 aliphatic carbocycles. The van der Waals surface area contributed by atoms with Gasteiger partial charge in [-0.1, -0.05) is 24.6 Å². The Balaban J connectivity index is 1.91. The number of aromatic nitrogens is 2. The first-order valence-electron chi connectivity index (χ1n) is 6.59. The van der Waals surface area contributed by atoms with E-state index < -0.39 is 0 Å². The number of hydrogen-bond donors (Lipinski definition) is 0. The molecule has 0 saturated carbocycles. The summed E-state index contributed by atoms with van der Waals surface area (Å²) in [5, 5.41) is 4.75. The minimum absolute atomic E-state index is 0.0550. The highest BCUT2D eigenvalue weighted by molar-refractivity contribution is 6.36. The van der Waals surface area contributed by atoms with Gasteiger partial charge in [0.05, 0.1) is 10.5 Å². The van der Waals surface area contributed by atoms with Gasteiger partial charge in [-0.2, -0.15) is 5.10 Å². The average Bonchev–Trinajstić information content (AvgIpc) is 2.77. The van der Waals surface area contributed by atoms with Gasteiger partial charge in [0.25, 0.3) is 5.91 Å². The van der Waals surface area contributed by atoms with Crippen LogP contribution in [0.25, 0.3) is 5.52 Å². The highest BCUT2D eigenvalue weighted by Crippen LogP contribution is 2.25. The minimum atomic E-state index is -0.0550. The maximum atomic E-state index is 12.5. The van der Waals surface area contributed by atoms with Gasteiger partial charge in [-0.15, -0.1) is 0 Å². The molecule has 1 aliphatic rings. The lowest BCUT2D eigenvalue weighted by atomic mass is 9.99. The largest absolute Gasteiger partial charge is 0.337 e. The Morgan fingerprint density at radius 3 is 2.79 bits per heavy atom. The van der Waals surface area contributed by atoms with Crippen LogP contribution in [-0.4, -0.2) is 33.5 Å². The van der Waals surface area contributed by atoms with Crippen molar-refractivity contribution >= 4 is 23.0 Å². The van der Waals surface area contributed by atoms with Crippen LogP contribution in [0.4, 0.5) is 0 Å². The molecule has 0 aromatic carbocycles. The lowest BCUT2D eigenvalue weighted by Crippen LogP contribution is -2.38. The van der Waals surface area contributed by atoms with Gasteiger partial charge in [-0.25, -0.2) is 4.52 Å². The Morgan fingerprint density at radius 1 is 1.37 bits per heavy atom. The minimum Gasteiger partial charge on any atom is -0.337 e. The van der Waals surface area contributed by atoms with Crippen LogP contribution in [0.15, 0.2) is 24.4 Å². The molecule has 0 bridgehead atoms. The van der Waals surface area contributed by atoms with Gasteiger partial charge in [0, 0.05) is 19.3 Å². The quantitative estimate of drug-likeness (QED) is 0.804. The summed E-state index contributed by atoms with van der Waals surface area (Å²) in [5.41, 5.74) is 1.14. The van der Waals surface area contributed by atoms with Crippen molar-refractivity contribution in [1.29, 1.82) is 0 Å². The third-order valence-corrected chi connectivity index (χ3v) is 4.13. The first kappa shape index (κ1) is 12.5. The first-order chi connectivity index (χ1) is 9.16. The van der Waals surface area contributed by atoms with Gasteiger partial charge in [-0.05, 0) is 30.9 Å². The van der Waals surface area contributed by atoms with Crippen LogP contribution in [0, 0.1) is 5.92 Å². The van der Waals surface area contributed by atoms with Crippen LogP contribution in [0.5, 0.6) is 0 Å². The number of nitrogens with zero attached hydrogens (tertiary/aromatic N) is 3. The summed E-state index contributed by atoms with van der Waals surface area (Å²) in [4.78, 5) is 14.3. The number of hydrogen-bond acceptors (Lipinski definition) is 2. The van der Waals surface area contributed by atoms with E-state index in [4.69, 9.17) is 11.6 Å². The van der Waals surface area contributed by atoms with Gasteiger partial charge in [0.2, 0.25) is 0 Å². The van der Waals surface area contributed by atoms with Crippen LogP contribution in [0.3, 0.4) is 0 Å². The Kier molecular flexibility index (Phi) is 3.19. The third-order valence-electron chi connectivity index (χ3n) is 3.75. The second kappa shape index (κ2) is 4.85. The van der Waals surface area contributed by atoms with Gasteiger partial charge in [0.15, 0.2) is 5.69 Å². The molecule has 0 atom stereocenters. The molecule has 0 N–H and O–H groups in total. The molecule has 3 rings (SSSR count). The lowest BCUT2D eigenvalue weighted by molar-refractivity contribution is 0.0691. The van der Waals surface area contributed by atoms with Gasteiger partial charge in [0.1, 0.15) is 0 Å². The number of carbonyl (C=O) groups excluding carboxylic acids is 1. The molecule has 0 radical (unpaired) electrons. The normalized spacial score (nSPS) is 17.1. The van der Waals surface area contributed by atoms with Crippen molar-refractivity contribution in [3.63, 3.8) is 0 Å². The number of fused-ring (bicyclic) bond motifs is 1. The molecule has 2 aromatic heterocycles. The Bertz CT molecular complexity index is 614. The molecule has 5 heteroatoms. The third kappa shape index (κ3) is 2.21. The Labute approximate surface area is 117 Å². The number of amides is 1. The van der Waals surface area contributed by atoms with E-state index >= 15 is 0 Å². The summed E-state index contributed by atoms with van der Waals surface area (Å²) in [6, 6.07) is 5.62. The molecule has 0 spiro atoms. The van der Waals surface area contributed by atoms with Crippen LogP contribution >= 0.6 is 11.6 Å². The SMILES string of the molecule is CC1CCN(C(=O)c2nn3ccccc3c2Cl)CC1. The second-order valence-electron chi connectivity index (χ2n) is 5.17. The van der Waals surface area contributed by atoms with E-state index in [1.807, 2.05) is 23.1 Å². The van der Waals surface area contributed by atoms with E-state index in [0.29, 0.717) is 16.6 Å². The van der Waals surface area contributed by atoms with E-state index in [-0.39, 0.29) is 5.91 Å². The summed E-state index contributed by atoms with van der Waals surface area (Å²) in [6.07, 6.45) is 3.91. The predicted molar refractivity (Wildman–Crippen MR) is 74.5 cm³/mol. The number of rotatable bonds is 1. The number of pyridine rings is 1. The molecule has 1 saturated heterocycles. The fourth-order valence-electron chi connectivity index (χ4n) is 2.47. The summed E-state index contributed by atoms with van der Waals surface area (Å²) < 4.78 is 1.65. The molecule has 2 aromatic rings. The predicted octanol–water partition coefficient (Wildman–Crippen LogP) is 2.86. The molecular weight excluding hydrogens is 262 g/mol. The van der Waals surface area contributed by atoms with Gasteiger partial charge < -0.3 is 4.90 Å². The van der Waals surface area contributed by atoms with Crippen molar-refractivity contribution < 1.29 is 4.79 Å². The fraction of sp³-hybridized carbons (Fsp3) is 0.429. The van der Waals surface area contributed by atoms with Crippen molar-refractivity contribution in [2.24, 2.45) is 5.92 Å². The summed E-state index contributed by atoms with van der Waals surface area (Å²) in [5.74, 6) is 0.640. The van der Waals surface area contributed by atoms with Crippen LogP contribution in [-0.2, 0) is 0 Å². The van der Waals surface area contributed by atoms with Crippen molar-refractivity contribution in [2.75, 3.05) is 13.1 Å². The molecule has 1 amide bonds. The number of carbonyl (C=O) groups is 1. The topological polar surface area (TPSA) is 37.6 Å². The number of halogens is 1. The van der Waals surface area contributed by atoms with E-state index in [1.165, 1.54) is 0 Å². The molecule has 100 valence electrons. The molecule has 1 aliphatic heterocycles. The molecule has 1 fully saturated rings. The second-order valence-corrected chi connectivity index (χ2v) is 5.55. The fourth-order valence-corrected chi connectivity index (χ4v) is 2.73. The zero-order valence-corrected chi connectivity index (χ0v) is 11.6. The molecule has 0 unspecified atom stereocenters. The highest BCUT2D eigenvalue weighted by Gasteiger charge is 2.26. The lowest BCUT2D eigenvalue weighted by Gasteiger charge is -2.29. The molecular formula is C14H16ClN3O. The zero-order chi connectivity index (χ0) is 13.4. The van der Waals surface area contributed by atoms with Crippen molar-refractivity contribution in [2.45, 2.75) is 19.8 Å². The Morgan fingerprint density at radius 2 is 2.11 bits per heavy atom. The molecule has 19 heavy (non-hydrogen) atoms. The van der Waals surface area contributed by atoms with Crippen molar-refractivity contribution in [1.82, 2.24) is 14.5 Å². The standard InChI is InChI=1S/C14H16ClN3O/c1-10-5-8-17(9-6-10)14(19)13-12(15)11-4-2-3-7-18(11)16-13/h2-4,7,10H,5-6,8-9H2,1H3. The van der Waals surface area contributed by atoms with Crippen LogP contribution in [0.1, 0.15) is 30.3 Å². The number of likely N-dealkylation sites (tertiary alicyclic amines) is 1. The summed E-state index contributed by atoms with van der Waals surface area (Å²) >= 11 is 6.27. The summed E-state index contributed by atoms with van der Waals surface area (Å²) in [6.45, 7) is 3.81. The highest BCUT2D eigenvalue weighted by atomic mass is 35.5. The van der Waals surface area contributed by atoms with Gasteiger partial charge >= 0.3 is 0 Å². The first-order valence-corrected chi connectivity index (χ1v) is 6.97. The molecule has 4 nitrogen and oxygen atoms in total. The summed E-state index contributed by atoms with van der Waals surface area (Å²) in [7, 11) is 0. The monoisotopic (exact) mass is 277 g/mol.